The van der Waals surface area contributed by atoms with Crippen LogP contribution in [0, 0.1) is 6.92 Å². The maximum Gasteiger partial charge on any atom is 0.228 e. The molecule has 60 valence electrons. The normalized spacial score (nSPS) is 9.64. The number of halogens is 1. The number of ether oxygens (including phenoxy) is 1. The van der Waals surface area contributed by atoms with Crippen molar-refractivity contribution in [2.24, 2.45) is 0 Å². The molecule has 0 saturated heterocycles. The number of benzene rings is 1. The Bertz CT molecular complexity index is 248. The van der Waals surface area contributed by atoms with Crippen molar-refractivity contribution in [3.05, 3.63) is 23.8 Å². The molecule has 0 aliphatic rings. The minimum absolute atomic E-state index is 0.161. The van der Waals surface area contributed by atoms with E-state index < -0.39 is 6.86 Å². The third-order valence-electron chi connectivity index (χ3n) is 1.37. The largest absolute Gasteiger partial charge is 0.508 e. The Hall–Kier alpha value is -1.25. The summed E-state index contributed by atoms with van der Waals surface area (Å²) in [4.78, 5) is 0. The Morgan fingerprint density at radius 1 is 1.55 bits per heavy atom. The maximum absolute atomic E-state index is 11.7. The van der Waals surface area contributed by atoms with Crippen molar-refractivity contribution < 1.29 is 14.2 Å². The van der Waals surface area contributed by atoms with Crippen LogP contribution < -0.4 is 4.74 Å². The van der Waals surface area contributed by atoms with Gasteiger partial charge in [0.05, 0.1) is 0 Å². The van der Waals surface area contributed by atoms with Crippen LogP contribution in [0.2, 0.25) is 0 Å². The van der Waals surface area contributed by atoms with Crippen LogP contribution in [0.3, 0.4) is 0 Å². The molecule has 1 aromatic rings. The molecular weight excluding hydrogens is 147 g/mol. The summed E-state index contributed by atoms with van der Waals surface area (Å²) in [6, 6.07) is 4.51. The van der Waals surface area contributed by atoms with Gasteiger partial charge in [-0.3, -0.25) is 0 Å². The van der Waals surface area contributed by atoms with Gasteiger partial charge in [-0.05, 0) is 30.7 Å². The number of phenolic OH excluding ortho intramolecular Hbond substituents is 1. The van der Waals surface area contributed by atoms with Gasteiger partial charge in [0.1, 0.15) is 11.5 Å². The fourth-order valence-electron chi connectivity index (χ4n) is 0.854. The van der Waals surface area contributed by atoms with Gasteiger partial charge in [0, 0.05) is 0 Å². The number of rotatable bonds is 2. The van der Waals surface area contributed by atoms with Crippen LogP contribution in [0.25, 0.3) is 0 Å². The number of aromatic hydroxyl groups is 1. The van der Waals surface area contributed by atoms with Crippen molar-refractivity contribution in [2.45, 2.75) is 6.92 Å². The molecule has 0 fully saturated rings. The molecular formula is C8H9FO2. The second kappa shape index (κ2) is 3.23. The molecule has 0 amide bonds. The zero-order valence-electron chi connectivity index (χ0n) is 6.17. The molecule has 0 spiro atoms. The first-order valence-corrected chi connectivity index (χ1v) is 3.22. The Morgan fingerprint density at radius 2 is 2.27 bits per heavy atom. The van der Waals surface area contributed by atoms with Crippen LogP contribution in [0.5, 0.6) is 11.5 Å². The summed E-state index contributed by atoms with van der Waals surface area (Å²) in [6.07, 6.45) is 0. The number of alkyl halides is 1. The van der Waals surface area contributed by atoms with E-state index in [4.69, 9.17) is 5.11 Å². The molecule has 1 rings (SSSR count). The molecule has 11 heavy (non-hydrogen) atoms. The zero-order chi connectivity index (χ0) is 8.27. The van der Waals surface area contributed by atoms with Crippen LogP contribution >= 0.6 is 0 Å². The molecule has 1 aromatic carbocycles. The molecule has 0 saturated carbocycles. The SMILES string of the molecule is Cc1cc(O)ccc1OCF. The smallest absolute Gasteiger partial charge is 0.228 e. The second-order valence-corrected chi connectivity index (χ2v) is 2.20. The lowest BCUT2D eigenvalue weighted by atomic mass is 10.2. The van der Waals surface area contributed by atoms with Crippen LogP contribution in [-0.2, 0) is 0 Å². The van der Waals surface area contributed by atoms with Crippen molar-refractivity contribution in [1.82, 2.24) is 0 Å². The lowest BCUT2D eigenvalue weighted by Crippen LogP contribution is -1.91. The summed E-state index contributed by atoms with van der Waals surface area (Å²) in [5.41, 5.74) is 0.725. The topological polar surface area (TPSA) is 29.5 Å². The average molecular weight is 156 g/mol. The Kier molecular flexibility index (Phi) is 2.31. The number of phenols is 1. The first kappa shape index (κ1) is 7.85. The van der Waals surface area contributed by atoms with Gasteiger partial charge in [0.25, 0.3) is 0 Å². The maximum atomic E-state index is 11.7. The minimum Gasteiger partial charge on any atom is -0.508 e. The number of aryl methyl sites for hydroxylation is 1. The Labute approximate surface area is 64.2 Å². The van der Waals surface area contributed by atoms with E-state index in [1.54, 1.807) is 6.92 Å². The minimum atomic E-state index is -0.842. The van der Waals surface area contributed by atoms with E-state index in [2.05, 4.69) is 4.74 Å². The predicted octanol–water partition coefficient (Wildman–Crippen LogP) is 2.01. The van der Waals surface area contributed by atoms with Crippen LogP contribution in [0.4, 0.5) is 4.39 Å². The first-order valence-electron chi connectivity index (χ1n) is 3.22. The van der Waals surface area contributed by atoms with Crippen molar-refractivity contribution in [1.29, 1.82) is 0 Å². The molecule has 1 N–H and O–H groups in total. The summed E-state index contributed by atoms with van der Waals surface area (Å²) in [5.74, 6) is 0.624. The van der Waals surface area contributed by atoms with E-state index >= 15 is 0 Å². The van der Waals surface area contributed by atoms with Gasteiger partial charge in [-0.2, -0.15) is 0 Å². The number of hydrogen-bond donors (Lipinski definition) is 1. The van der Waals surface area contributed by atoms with Gasteiger partial charge in [0.15, 0.2) is 0 Å². The standard InChI is InChI=1S/C8H9FO2/c1-6-4-7(10)2-3-8(6)11-5-9/h2-4,10H,5H2,1H3. The highest BCUT2D eigenvalue weighted by Crippen LogP contribution is 2.21. The van der Waals surface area contributed by atoms with Gasteiger partial charge >= 0.3 is 0 Å². The molecule has 2 nitrogen and oxygen atoms in total. The lowest BCUT2D eigenvalue weighted by Gasteiger charge is -2.04. The number of hydrogen-bond acceptors (Lipinski definition) is 2. The molecule has 0 atom stereocenters. The van der Waals surface area contributed by atoms with E-state index in [0.717, 1.165) is 5.56 Å². The van der Waals surface area contributed by atoms with Crippen molar-refractivity contribution in [2.75, 3.05) is 6.86 Å². The van der Waals surface area contributed by atoms with Crippen molar-refractivity contribution in [3.63, 3.8) is 0 Å². The molecule has 0 aliphatic carbocycles. The summed E-state index contributed by atoms with van der Waals surface area (Å²) in [5, 5.41) is 8.96. The zero-order valence-corrected chi connectivity index (χ0v) is 6.17. The van der Waals surface area contributed by atoms with E-state index in [1.165, 1.54) is 18.2 Å². The van der Waals surface area contributed by atoms with Crippen molar-refractivity contribution in [3.8, 4) is 11.5 Å². The Balaban J connectivity index is 2.90. The second-order valence-electron chi connectivity index (χ2n) is 2.20. The lowest BCUT2D eigenvalue weighted by molar-refractivity contribution is 0.190. The van der Waals surface area contributed by atoms with Gasteiger partial charge < -0.3 is 9.84 Å². The molecule has 0 unspecified atom stereocenters. The van der Waals surface area contributed by atoms with E-state index in [1.807, 2.05) is 0 Å². The summed E-state index contributed by atoms with van der Waals surface area (Å²) in [7, 11) is 0. The molecule has 0 aliphatic heterocycles. The van der Waals surface area contributed by atoms with Gasteiger partial charge in [0.2, 0.25) is 6.86 Å². The van der Waals surface area contributed by atoms with E-state index in [9.17, 15) is 4.39 Å². The summed E-state index contributed by atoms with van der Waals surface area (Å²) in [6.45, 7) is 0.899. The highest BCUT2D eigenvalue weighted by atomic mass is 19.1. The van der Waals surface area contributed by atoms with Gasteiger partial charge in [-0.15, -0.1) is 0 Å². The predicted molar refractivity (Wildman–Crippen MR) is 39.4 cm³/mol. The van der Waals surface area contributed by atoms with E-state index in [-0.39, 0.29) is 5.75 Å². The Morgan fingerprint density at radius 3 is 2.82 bits per heavy atom. The van der Waals surface area contributed by atoms with Crippen LogP contribution in [-0.4, -0.2) is 12.0 Å². The highest BCUT2D eigenvalue weighted by Gasteiger charge is 1.98. The fraction of sp³-hybridized carbons (Fsp3) is 0.250. The molecule has 0 heterocycles. The quantitative estimate of drug-likeness (QED) is 0.709. The average Bonchev–Trinajstić information content (AvgIpc) is 1.95. The monoisotopic (exact) mass is 156 g/mol. The van der Waals surface area contributed by atoms with Gasteiger partial charge in [-0.25, -0.2) is 4.39 Å². The molecule has 0 radical (unpaired) electrons. The fourth-order valence-corrected chi connectivity index (χ4v) is 0.854. The first-order chi connectivity index (χ1) is 5.24. The van der Waals surface area contributed by atoms with E-state index in [0.29, 0.717) is 5.75 Å². The third kappa shape index (κ3) is 1.83. The van der Waals surface area contributed by atoms with Crippen LogP contribution in [0.15, 0.2) is 18.2 Å². The summed E-state index contributed by atoms with van der Waals surface area (Å²) < 4.78 is 16.3. The highest BCUT2D eigenvalue weighted by molar-refractivity contribution is 5.38. The van der Waals surface area contributed by atoms with Gasteiger partial charge in [-0.1, -0.05) is 0 Å². The molecule has 0 bridgehead atoms. The molecule has 3 heteroatoms. The molecule has 0 aromatic heterocycles. The third-order valence-corrected chi connectivity index (χ3v) is 1.37. The van der Waals surface area contributed by atoms with Crippen molar-refractivity contribution >= 4 is 0 Å². The van der Waals surface area contributed by atoms with Crippen LogP contribution in [0.1, 0.15) is 5.56 Å². The summed E-state index contributed by atoms with van der Waals surface area (Å²) >= 11 is 0.